The summed E-state index contributed by atoms with van der Waals surface area (Å²) in [5.74, 6) is 0.394. The third-order valence-corrected chi connectivity index (χ3v) is 4.92. The van der Waals surface area contributed by atoms with Crippen LogP contribution in [-0.2, 0) is 15.1 Å². The molecule has 1 aromatic heterocycles. The molecule has 2 atom stereocenters. The predicted molar refractivity (Wildman–Crippen MR) is 92.7 cm³/mol. The van der Waals surface area contributed by atoms with E-state index in [0.717, 1.165) is 29.4 Å². The summed E-state index contributed by atoms with van der Waals surface area (Å²) in [6.07, 6.45) is 5.90. The molecule has 5 nitrogen and oxygen atoms in total. The van der Waals surface area contributed by atoms with Gasteiger partial charge in [0.1, 0.15) is 11.2 Å². The number of H-pyrrole nitrogens is 1. The average Bonchev–Trinajstić information content (AvgIpc) is 2.86. The molecule has 3 rings (SSSR count). The topological polar surface area (TPSA) is 74.7 Å². The van der Waals surface area contributed by atoms with E-state index in [1.807, 2.05) is 24.3 Å². The molecule has 124 valence electrons. The molecule has 0 radical (unpaired) electrons. The lowest BCUT2D eigenvalue weighted by molar-refractivity contribution is 0.107. The Morgan fingerprint density at radius 3 is 2.58 bits per heavy atom. The maximum atomic E-state index is 11.2. The Labute approximate surface area is 140 Å². The van der Waals surface area contributed by atoms with Crippen molar-refractivity contribution in [2.45, 2.75) is 45.6 Å². The first-order valence-corrected chi connectivity index (χ1v) is 8.19. The minimum absolute atomic E-state index is 0.0253. The summed E-state index contributed by atoms with van der Waals surface area (Å²) in [5, 5.41) is 0.840. The molecule has 1 saturated carbocycles. The fourth-order valence-corrected chi connectivity index (χ4v) is 4.57. The summed E-state index contributed by atoms with van der Waals surface area (Å²) in [4.78, 5) is 33.8. The second-order valence-electron chi connectivity index (χ2n) is 7.69. The van der Waals surface area contributed by atoms with Gasteiger partial charge in [-0.1, -0.05) is 39.0 Å². The van der Waals surface area contributed by atoms with Crippen LogP contribution in [0.4, 0.5) is 5.69 Å². The van der Waals surface area contributed by atoms with Crippen LogP contribution in [0.1, 0.15) is 45.7 Å². The number of benzene rings is 1. The quantitative estimate of drug-likeness (QED) is 0.666. The summed E-state index contributed by atoms with van der Waals surface area (Å²) in [7, 11) is 0. The van der Waals surface area contributed by atoms with Gasteiger partial charge >= 0.3 is 0 Å². The monoisotopic (exact) mass is 323 g/mol. The number of aromatic amines is 1. The van der Waals surface area contributed by atoms with E-state index in [4.69, 9.17) is 0 Å². The van der Waals surface area contributed by atoms with Crippen LogP contribution < -0.4 is 0 Å². The minimum Gasteiger partial charge on any atom is -0.354 e. The van der Waals surface area contributed by atoms with Crippen molar-refractivity contribution in [2.24, 2.45) is 21.3 Å². The molecule has 1 aromatic carbocycles. The molecular formula is C19H21N3O2. The molecule has 2 unspecified atom stereocenters. The van der Waals surface area contributed by atoms with Crippen LogP contribution in [-0.4, -0.2) is 17.1 Å². The molecule has 0 aliphatic heterocycles. The van der Waals surface area contributed by atoms with Gasteiger partial charge in [-0.05, 0) is 36.7 Å². The van der Waals surface area contributed by atoms with E-state index in [9.17, 15) is 9.59 Å². The zero-order valence-electron chi connectivity index (χ0n) is 14.2. The van der Waals surface area contributed by atoms with Gasteiger partial charge in [0.2, 0.25) is 12.2 Å². The van der Waals surface area contributed by atoms with Crippen LogP contribution in [0.15, 0.2) is 34.3 Å². The number of nitrogens with zero attached hydrogens (tertiary/aromatic N) is 2. The standard InChI is InChI=1S/C19H21N3O2/c1-13-8-18(2,3)10-19(9-13,21-12-24)17-16(20-11-23)14-6-4-5-7-15(14)22-17/h4-7,13,22H,8-10H2,1-3H3. The van der Waals surface area contributed by atoms with E-state index in [2.05, 4.69) is 35.7 Å². The molecule has 0 bridgehead atoms. The van der Waals surface area contributed by atoms with E-state index in [1.165, 1.54) is 0 Å². The van der Waals surface area contributed by atoms with Gasteiger partial charge in [-0.2, -0.15) is 9.98 Å². The Balaban J connectivity index is 2.30. The molecule has 1 heterocycles. The molecule has 0 saturated heterocycles. The maximum Gasteiger partial charge on any atom is 0.240 e. The number of hydrogen-bond donors (Lipinski definition) is 1. The number of para-hydroxylation sites is 1. The highest BCUT2D eigenvalue weighted by Gasteiger charge is 2.46. The number of rotatable bonds is 3. The SMILES string of the molecule is CC1CC(C)(C)CC(N=C=O)(c2[nH]c3ccccc3c2N=C=O)C1. The smallest absolute Gasteiger partial charge is 0.240 e. The normalized spacial score (nSPS) is 25.7. The van der Waals surface area contributed by atoms with Crippen molar-refractivity contribution in [3.8, 4) is 0 Å². The highest BCUT2D eigenvalue weighted by Crippen LogP contribution is 2.53. The third-order valence-electron chi connectivity index (χ3n) is 4.92. The van der Waals surface area contributed by atoms with Crippen molar-refractivity contribution in [2.75, 3.05) is 0 Å². The van der Waals surface area contributed by atoms with E-state index in [1.54, 1.807) is 12.2 Å². The zero-order chi connectivity index (χ0) is 17.4. The summed E-state index contributed by atoms with van der Waals surface area (Å²) >= 11 is 0. The van der Waals surface area contributed by atoms with Gasteiger partial charge in [-0.3, -0.25) is 0 Å². The lowest BCUT2D eigenvalue weighted by Crippen LogP contribution is -2.39. The number of fused-ring (bicyclic) bond motifs is 1. The molecule has 1 N–H and O–H groups in total. The van der Waals surface area contributed by atoms with Gasteiger partial charge in [-0.15, -0.1) is 0 Å². The second kappa shape index (κ2) is 5.86. The van der Waals surface area contributed by atoms with Crippen molar-refractivity contribution in [1.82, 2.24) is 4.98 Å². The van der Waals surface area contributed by atoms with Gasteiger partial charge in [0.15, 0.2) is 0 Å². The molecule has 1 fully saturated rings. The van der Waals surface area contributed by atoms with Gasteiger partial charge in [0, 0.05) is 10.9 Å². The highest BCUT2D eigenvalue weighted by molar-refractivity contribution is 5.94. The summed E-state index contributed by atoms with van der Waals surface area (Å²) in [6.45, 7) is 6.54. The van der Waals surface area contributed by atoms with E-state index >= 15 is 0 Å². The fourth-order valence-electron chi connectivity index (χ4n) is 4.57. The first-order chi connectivity index (χ1) is 11.4. The van der Waals surface area contributed by atoms with Gasteiger partial charge in [-0.25, -0.2) is 9.59 Å². The number of aliphatic imine (C=N–C) groups is 2. The number of aromatic nitrogens is 1. The Bertz CT molecular complexity index is 870. The molecular weight excluding hydrogens is 302 g/mol. The van der Waals surface area contributed by atoms with Crippen molar-refractivity contribution in [3.63, 3.8) is 0 Å². The summed E-state index contributed by atoms with van der Waals surface area (Å²) in [6, 6.07) is 7.65. The van der Waals surface area contributed by atoms with Crippen LogP contribution in [0.25, 0.3) is 10.9 Å². The summed E-state index contributed by atoms with van der Waals surface area (Å²) < 4.78 is 0. The van der Waals surface area contributed by atoms with Crippen molar-refractivity contribution >= 4 is 28.8 Å². The van der Waals surface area contributed by atoms with Crippen LogP contribution in [0.2, 0.25) is 0 Å². The van der Waals surface area contributed by atoms with Crippen LogP contribution in [0.5, 0.6) is 0 Å². The predicted octanol–water partition coefficient (Wildman–Crippen LogP) is 4.51. The fraction of sp³-hybridized carbons (Fsp3) is 0.474. The van der Waals surface area contributed by atoms with E-state index < -0.39 is 5.54 Å². The Morgan fingerprint density at radius 2 is 1.92 bits per heavy atom. The lowest BCUT2D eigenvalue weighted by atomic mass is 9.63. The van der Waals surface area contributed by atoms with Gasteiger partial charge in [0.05, 0.1) is 5.69 Å². The molecule has 24 heavy (non-hydrogen) atoms. The van der Waals surface area contributed by atoms with Gasteiger partial charge in [0.25, 0.3) is 0 Å². The zero-order valence-corrected chi connectivity index (χ0v) is 14.2. The molecule has 0 spiro atoms. The van der Waals surface area contributed by atoms with Crippen LogP contribution in [0, 0.1) is 11.3 Å². The van der Waals surface area contributed by atoms with E-state index in [-0.39, 0.29) is 5.41 Å². The Morgan fingerprint density at radius 1 is 1.17 bits per heavy atom. The lowest BCUT2D eigenvalue weighted by Gasteiger charge is -2.44. The Kier molecular flexibility index (Phi) is 4.00. The molecule has 0 amide bonds. The van der Waals surface area contributed by atoms with Crippen molar-refractivity contribution in [1.29, 1.82) is 0 Å². The first-order valence-electron chi connectivity index (χ1n) is 8.19. The second-order valence-corrected chi connectivity index (χ2v) is 7.69. The summed E-state index contributed by atoms with van der Waals surface area (Å²) in [5.41, 5.74) is 1.41. The molecule has 1 aliphatic carbocycles. The molecule has 2 aromatic rings. The van der Waals surface area contributed by atoms with Gasteiger partial charge < -0.3 is 4.98 Å². The largest absolute Gasteiger partial charge is 0.354 e. The number of isocyanates is 2. The number of hydrogen-bond acceptors (Lipinski definition) is 4. The maximum absolute atomic E-state index is 11.2. The first kappa shape index (κ1) is 16.4. The van der Waals surface area contributed by atoms with Crippen LogP contribution in [0.3, 0.4) is 0 Å². The average molecular weight is 323 g/mol. The third kappa shape index (κ3) is 2.73. The minimum atomic E-state index is -0.738. The highest BCUT2D eigenvalue weighted by atomic mass is 16.1. The molecule has 5 heteroatoms. The van der Waals surface area contributed by atoms with E-state index in [0.29, 0.717) is 18.0 Å². The number of carbonyl (C=O) groups excluding carboxylic acids is 2. The Hall–Kier alpha value is -2.48. The van der Waals surface area contributed by atoms with Crippen LogP contribution >= 0.6 is 0 Å². The van der Waals surface area contributed by atoms with Crippen molar-refractivity contribution in [3.05, 3.63) is 30.0 Å². The molecule has 1 aliphatic rings. The van der Waals surface area contributed by atoms with Crippen molar-refractivity contribution < 1.29 is 9.59 Å². The number of nitrogens with one attached hydrogen (secondary N) is 1.